The number of halogens is 1. The van der Waals surface area contributed by atoms with E-state index in [0.717, 1.165) is 4.90 Å². The SMILES string of the molecule is CCOC(=O)c1ccc([C@H]2OC3(C(=O)c4ccccc4C3=O)[C@H]3C(=O)N(c4cccc(Cl)c4)C(=O)[C@H]23)cc1. The zero-order chi connectivity index (χ0) is 26.8. The molecule has 0 saturated carbocycles. The highest BCUT2D eigenvalue weighted by Gasteiger charge is 2.74. The van der Waals surface area contributed by atoms with Crippen LogP contribution in [0.1, 0.15) is 49.7 Å². The van der Waals surface area contributed by atoms with Crippen LogP contribution in [-0.2, 0) is 19.1 Å². The first kappa shape index (κ1) is 24.2. The van der Waals surface area contributed by atoms with Crippen LogP contribution in [0.15, 0.2) is 72.8 Å². The number of rotatable bonds is 4. The van der Waals surface area contributed by atoms with Crippen LogP contribution in [-0.4, -0.2) is 41.6 Å². The van der Waals surface area contributed by atoms with Crippen molar-refractivity contribution in [3.63, 3.8) is 0 Å². The lowest BCUT2D eigenvalue weighted by molar-refractivity contribution is -0.127. The maximum atomic E-state index is 13.9. The highest BCUT2D eigenvalue weighted by Crippen LogP contribution is 2.57. The molecule has 2 fully saturated rings. The second-order valence-corrected chi connectivity index (χ2v) is 9.75. The van der Waals surface area contributed by atoms with Gasteiger partial charge in [-0.3, -0.25) is 19.2 Å². The predicted octanol–water partition coefficient (Wildman–Crippen LogP) is 4.21. The number of hydrogen-bond donors (Lipinski definition) is 0. The smallest absolute Gasteiger partial charge is 0.338 e. The van der Waals surface area contributed by atoms with Gasteiger partial charge in [0, 0.05) is 16.1 Å². The third-order valence-electron chi connectivity index (χ3n) is 7.34. The van der Waals surface area contributed by atoms with Crippen molar-refractivity contribution in [3.8, 4) is 0 Å². The summed E-state index contributed by atoms with van der Waals surface area (Å²) < 4.78 is 11.3. The molecule has 2 amide bonds. The van der Waals surface area contributed by atoms with E-state index >= 15 is 0 Å². The van der Waals surface area contributed by atoms with Crippen LogP contribution >= 0.6 is 11.6 Å². The molecular weight excluding hydrogens is 510 g/mol. The first-order valence-electron chi connectivity index (χ1n) is 12.1. The monoisotopic (exact) mass is 529 g/mol. The maximum absolute atomic E-state index is 13.9. The molecule has 1 spiro atoms. The Labute approximate surface area is 222 Å². The summed E-state index contributed by atoms with van der Waals surface area (Å²) in [4.78, 5) is 68.5. The Morgan fingerprint density at radius 1 is 0.921 bits per heavy atom. The van der Waals surface area contributed by atoms with E-state index in [2.05, 4.69) is 0 Å². The van der Waals surface area contributed by atoms with Crippen LogP contribution in [0.25, 0.3) is 0 Å². The van der Waals surface area contributed by atoms with Gasteiger partial charge in [0.2, 0.25) is 29.0 Å². The Morgan fingerprint density at radius 2 is 1.58 bits per heavy atom. The number of carbonyl (C=O) groups excluding carboxylic acids is 5. The van der Waals surface area contributed by atoms with Crippen LogP contribution in [0.3, 0.4) is 0 Å². The molecule has 0 bridgehead atoms. The molecule has 6 rings (SSSR count). The zero-order valence-corrected chi connectivity index (χ0v) is 20.8. The number of amides is 2. The molecule has 1 aliphatic carbocycles. The largest absolute Gasteiger partial charge is 0.462 e. The molecule has 9 heteroatoms. The summed E-state index contributed by atoms with van der Waals surface area (Å²) in [6.07, 6.45) is -1.10. The van der Waals surface area contributed by atoms with E-state index in [1.54, 1.807) is 49.4 Å². The molecule has 2 aliphatic heterocycles. The van der Waals surface area contributed by atoms with E-state index in [1.165, 1.54) is 30.3 Å². The molecule has 8 nitrogen and oxygen atoms in total. The molecule has 3 atom stereocenters. The van der Waals surface area contributed by atoms with Gasteiger partial charge in [-0.1, -0.05) is 54.1 Å². The molecule has 0 radical (unpaired) electrons. The molecule has 0 aromatic heterocycles. The quantitative estimate of drug-likeness (QED) is 0.283. The lowest BCUT2D eigenvalue weighted by atomic mass is 9.77. The minimum Gasteiger partial charge on any atom is -0.462 e. The fourth-order valence-corrected chi connectivity index (χ4v) is 5.90. The Kier molecular flexibility index (Phi) is 5.55. The topological polar surface area (TPSA) is 107 Å². The van der Waals surface area contributed by atoms with Crippen LogP contribution in [0, 0.1) is 11.8 Å². The van der Waals surface area contributed by atoms with Crippen molar-refractivity contribution in [2.24, 2.45) is 11.8 Å². The highest BCUT2D eigenvalue weighted by atomic mass is 35.5. The van der Waals surface area contributed by atoms with Crippen LogP contribution in [0.5, 0.6) is 0 Å². The second-order valence-electron chi connectivity index (χ2n) is 9.32. The van der Waals surface area contributed by atoms with Crippen molar-refractivity contribution >= 4 is 46.6 Å². The van der Waals surface area contributed by atoms with Crippen molar-refractivity contribution < 1.29 is 33.4 Å². The molecule has 38 heavy (non-hydrogen) atoms. The number of hydrogen-bond acceptors (Lipinski definition) is 7. The van der Waals surface area contributed by atoms with Crippen molar-refractivity contribution in [2.45, 2.75) is 18.6 Å². The van der Waals surface area contributed by atoms with Gasteiger partial charge in [-0.15, -0.1) is 0 Å². The number of nitrogens with zero attached hydrogens (tertiary/aromatic N) is 1. The van der Waals surface area contributed by atoms with Gasteiger partial charge in [0.15, 0.2) is 0 Å². The second kappa shape index (κ2) is 8.72. The molecule has 3 aromatic rings. The summed E-state index contributed by atoms with van der Waals surface area (Å²) >= 11 is 6.13. The Morgan fingerprint density at radius 3 is 2.18 bits per heavy atom. The van der Waals surface area contributed by atoms with Gasteiger partial charge in [-0.2, -0.15) is 0 Å². The van der Waals surface area contributed by atoms with Crippen molar-refractivity contribution in [2.75, 3.05) is 11.5 Å². The maximum Gasteiger partial charge on any atom is 0.338 e. The number of ether oxygens (including phenoxy) is 2. The lowest BCUT2D eigenvalue weighted by Crippen LogP contribution is -2.51. The summed E-state index contributed by atoms with van der Waals surface area (Å²) in [6.45, 7) is 1.90. The number of imide groups is 1. The number of ketones is 2. The average Bonchev–Trinajstić information content (AvgIpc) is 3.49. The van der Waals surface area contributed by atoms with Gasteiger partial charge in [-0.05, 0) is 42.8 Å². The van der Waals surface area contributed by atoms with E-state index in [0.29, 0.717) is 10.6 Å². The van der Waals surface area contributed by atoms with Crippen LogP contribution in [0.2, 0.25) is 5.02 Å². The molecule has 3 aliphatic rings. The van der Waals surface area contributed by atoms with E-state index < -0.39 is 52.9 Å². The fourth-order valence-electron chi connectivity index (χ4n) is 5.71. The summed E-state index contributed by atoms with van der Waals surface area (Å²) in [6, 6.07) is 18.7. The summed E-state index contributed by atoms with van der Waals surface area (Å²) in [7, 11) is 0. The predicted molar refractivity (Wildman–Crippen MR) is 135 cm³/mol. The van der Waals surface area contributed by atoms with E-state index in [4.69, 9.17) is 21.1 Å². The van der Waals surface area contributed by atoms with Crippen molar-refractivity contribution in [3.05, 3.63) is 100 Å². The normalized spacial score (nSPS) is 23.2. The van der Waals surface area contributed by atoms with Crippen LogP contribution in [0.4, 0.5) is 5.69 Å². The Hall–Kier alpha value is -4.14. The molecule has 2 saturated heterocycles. The molecule has 0 N–H and O–H groups in total. The third kappa shape index (κ3) is 3.23. The van der Waals surface area contributed by atoms with Gasteiger partial charge in [0.1, 0.15) is 0 Å². The van der Waals surface area contributed by atoms with Gasteiger partial charge >= 0.3 is 5.97 Å². The number of fused-ring (bicyclic) bond motifs is 3. The van der Waals surface area contributed by atoms with Gasteiger partial charge in [0.25, 0.3) is 0 Å². The number of carbonyl (C=O) groups is 5. The summed E-state index contributed by atoms with van der Waals surface area (Å²) in [5.74, 6) is -5.65. The van der Waals surface area contributed by atoms with E-state index in [9.17, 15) is 24.0 Å². The Balaban J connectivity index is 1.49. The van der Waals surface area contributed by atoms with Gasteiger partial charge < -0.3 is 9.47 Å². The fraction of sp³-hybridized carbons (Fsp3) is 0.207. The zero-order valence-electron chi connectivity index (χ0n) is 20.1. The summed E-state index contributed by atoms with van der Waals surface area (Å²) in [5.41, 5.74) is -0.917. The first-order chi connectivity index (χ1) is 18.3. The van der Waals surface area contributed by atoms with Crippen molar-refractivity contribution in [1.29, 1.82) is 0 Å². The van der Waals surface area contributed by atoms with E-state index in [-0.39, 0.29) is 29.0 Å². The number of benzene rings is 3. The number of Topliss-reactive ketones (excluding diaryl/α,β-unsaturated/α-hetero) is 2. The standard InChI is InChI=1S/C29H20ClNO7/c1-2-37-28(36)16-12-10-15(11-13-16)23-21-22(27(35)31(26(21)34)18-7-5-6-17(30)14-18)29(38-23)24(32)19-8-3-4-9-20(19)25(29)33/h3-14,21-23H,2H2,1H3/t21-,22+,23+/m0/s1. The molecule has 2 heterocycles. The Bertz CT molecular complexity index is 1510. The van der Waals surface area contributed by atoms with Gasteiger partial charge in [-0.25, -0.2) is 9.69 Å². The third-order valence-corrected chi connectivity index (χ3v) is 7.57. The van der Waals surface area contributed by atoms with E-state index in [1.807, 2.05) is 0 Å². The highest BCUT2D eigenvalue weighted by molar-refractivity contribution is 6.37. The van der Waals surface area contributed by atoms with Crippen molar-refractivity contribution in [1.82, 2.24) is 0 Å². The van der Waals surface area contributed by atoms with Crippen LogP contribution < -0.4 is 4.90 Å². The average molecular weight is 530 g/mol. The summed E-state index contributed by atoms with van der Waals surface area (Å²) in [5, 5.41) is 0.317. The molecule has 3 aromatic carbocycles. The number of esters is 1. The minimum atomic E-state index is -2.18. The first-order valence-corrected chi connectivity index (χ1v) is 12.4. The van der Waals surface area contributed by atoms with Gasteiger partial charge in [0.05, 0.1) is 35.8 Å². The molecule has 0 unspecified atom stereocenters. The molecule has 190 valence electrons. The molecular formula is C29H20ClNO7. The minimum absolute atomic E-state index is 0.149. The lowest BCUT2D eigenvalue weighted by Gasteiger charge is -2.27. The number of anilines is 1.